The lowest BCUT2D eigenvalue weighted by atomic mass is 10.1. The third-order valence-electron chi connectivity index (χ3n) is 10.2. The summed E-state index contributed by atoms with van der Waals surface area (Å²) < 4.78 is 23.2. The number of phosphoric acid groups is 1. The molecule has 3 unspecified atom stereocenters. The van der Waals surface area contributed by atoms with Gasteiger partial charge >= 0.3 is 0 Å². The summed E-state index contributed by atoms with van der Waals surface area (Å²) in [5.41, 5.74) is 0. The maximum Gasteiger partial charge on any atom is 0.268 e. The number of nitrogens with zero attached hydrogens (tertiary/aromatic N) is 1. The molecular weight excluding hydrogens is 744 g/mol. The van der Waals surface area contributed by atoms with E-state index in [9.17, 15) is 19.4 Å². The van der Waals surface area contributed by atoms with Crippen LogP contribution >= 0.6 is 7.82 Å². The van der Waals surface area contributed by atoms with Crippen LogP contribution in [0, 0.1) is 0 Å². The molecule has 9 heteroatoms. The number of amides is 1. The quantitative estimate of drug-likeness (QED) is 0.0274. The molecule has 0 bridgehead atoms. The predicted octanol–water partition coefficient (Wildman–Crippen LogP) is 12.8. The lowest BCUT2D eigenvalue weighted by Gasteiger charge is -2.29. The van der Waals surface area contributed by atoms with Gasteiger partial charge in [0.05, 0.1) is 39.9 Å². The number of hydrogen-bond donors (Lipinski definition) is 2. The first-order chi connectivity index (χ1) is 28.0. The molecule has 58 heavy (non-hydrogen) atoms. The third-order valence-corrected chi connectivity index (χ3v) is 11.1. The summed E-state index contributed by atoms with van der Waals surface area (Å²) >= 11 is 0. The monoisotopic (exact) mass is 835 g/mol. The highest BCUT2D eigenvalue weighted by atomic mass is 31.2. The van der Waals surface area contributed by atoms with Gasteiger partial charge in [-0.3, -0.25) is 9.36 Å². The van der Waals surface area contributed by atoms with Gasteiger partial charge in [0.1, 0.15) is 13.2 Å². The molecule has 8 nitrogen and oxygen atoms in total. The van der Waals surface area contributed by atoms with Crippen LogP contribution in [0.4, 0.5) is 0 Å². The van der Waals surface area contributed by atoms with E-state index < -0.39 is 26.6 Å². The Morgan fingerprint density at radius 2 is 1.02 bits per heavy atom. The molecule has 0 aromatic carbocycles. The Hall–Kier alpha value is -1.80. The zero-order chi connectivity index (χ0) is 42.8. The maximum absolute atomic E-state index is 12.9. The number of carbonyl (C=O) groups excluding carboxylic acids is 1. The number of hydrogen-bond acceptors (Lipinski definition) is 6. The van der Waals surface area contributed by atoms with Crippen molar-refractivity contribution in [1.29, 1.82) is 0 Å². The number of aliphatic hydroxyl groups is 1. The average Bonchev–Trinajstić information content (AvgIpc) is 3.17. The molecule has 0 fully saturated rings. The van der Waals surface area contributed by atoms with Crippen LogP contribution in [0.1, 0.15) is 194 Å². The molecule has 0 radical (unpaired) electrons. The van der Waals surface area contributed by atoms with Gasteiger partial charge in [-0.25, -0.2) is 0 Å². The zero-order valence-electron chi connectivity index (χ0n) is 38.2. The van der Waals surface area contributed by atoms with E-state index in [0.717, 1.165) is 64.2 Å². The summed E-state index contributed by atoms with van der Waals surface area (Å²) in [5, 5.41) is 13.8. The van der Waals surface area contributed by atoms with E-state index in [-0.39, 0.29) is 12.5 Å². The average molecular weight is 835 g/mol. The minimum atomic E-state index is -4.61. The fourth-order valence-corrected chi connectivity index (χ4v) is 7.11. The van der Waals surface area contributed by atoms with Gasteiger partial charge in [0, 0.05) is 6.42 Å². The van der Waals surface area contributed by atoms with E-state index in [1.807, 2.05) is 27.2 Å². The summed E-state index contributed by atoms with van der Waals surface area (Å²) in [6.07, 6.45) is 52.7. The van der Waals surface area contributed by atoms with Crippen LogP contribution in [-0.2, 0) is 18.4 Å². The fourth-order valence-electron chi connectivity index (χ4n) is 6.39. The van der Waals surface area contributed by atoms with Crippen LogP contribution in [0.5, 0.6) is 0 Å². The van der Waals surface area contributed by atoms with Crippen molar-refractivity contribution < 1.29 is 32.9 Å². The Balaban J connectivity index is 4.49. The molecular formula is C49H91N2O6P. The Morgan fingerprint density at radius 1 is 0.603 bits per heavy atom. The highest BCUT2D eigenvalue weighted by Crippen LogP contribution is 2.38. The largest absolute Gasteiger partial charge is 0.756 e. The molecule has 0 aromatic heterocycles. The lowest BCUT2D eigenvalue weighted by Crippen LogP contribution is -2.45. The van der Waals surface area contributed by atoms with Crippen LogP contribution in [0.3, 0.4) is 0 Å². The molecule has 2 N–H and O–H groups in total. The normalized spacial score (nSPS) is 14.8. The van der Waals surface area contributed by atoms with Crippen molar-refractivity contribution in [2.24, 2.45) is 0 Å². The highest BCUT2D eigenvalue weighted by molar-refractivity contribution is 7.45. The molecule has 3 atom stereocenters. The van der Waals surface area contributed by atoms with Crippen LogP contribution in [0.25, 0.3) is 0 Å². The second kappa shape index (κ2) is 40.6. The van der Waals surface area contributed by atoms with Gasteiger partial charge in [0.25, 0.3) is 7.82 Å². The number of unbranched alkanes of at least 4 members (excludes halogenated alkanes) is 21. The lowest BCUT2D eigenvalue weighted by molar-refractivity contribution is -0.870. The highest BCUT2D eigenvalue weighted by Gasteiger charge is 2.23. The van der Waals surface area contributed by atoms with Crippen LogP contribution < -0.4 is 10.2 Å². The molecule has 338 valence electrons. The van der Waals surface area contributed by atoms with Crippen LogP contribution in [0.2, 0.25) is 0 Å². The van der Waals surface area contributed by atoms with Gasteiger partial charge in [0.2, 0.25) is 5.91 Å². The molecule has 0 aliphatic rings. The van der Waals surface area contributed by atoms with E-state index in [1.54, 1.807) is 6.08 Å². The predicted molar refractivity (Wildman–Crippen MR) is 247 cm³/mol. The van der Waals surface area contributed by atoms with Gasteiger partial charge in [-0.2, -0.15) is 0 Å². The molecule has 0 spiro atoms. The number of phosphoric ester groups is 1. The van der Waals surface area contributed by atoms with Crippen molar-refractivity contribution in [2.45, 2.75) is 206 Å². The Morgan fingerprint density at radius 3 is 1.53 bits per heavy atom. The first kappa shape index (κ1) is 56.2. The van der Waals surface area contributed by atoms with E-state index in [4.69, 9.17) is 9.05 Å². The van der Waals surface area contributed by atoms with Crippen molar-refractivity contribution >= 4 is 13.7 Å². The van der Waals surface area contributed by atoms with Gasteiger partial charge in [-0.1, -0.05) is 171 Å². The summed E-state index contributed by atoms with van der Waals surface area (Å²) in [5.74, 6) is -0.222. The number of allylic oxidation sites excluding steroid dienone is 9. The van der Waals surface area contributed by atoms with Crippen molar-refractivity contribution in [3.63, 3.8) is 0 Å². The van der Waals surface area contributed by atoms with Gasteiger partial charge in [-0.05, 0) is 77.0 Å². The smallest absolute Gasteiger partial charge is 0.268 e. The van der Waals surface area contributed by atoms with E-state index in [0.29, 0.717) is 17.4 Å². The first-order valence-corrected chi connectivity index (χ1v) is 25.1. The molecule has 1 amide bonds. The minimum absolute atomic E-state index is 0.0128. The molecule has 0 rings (SSSR count). The van der Waals surface area contributed by atoms with E-state index in [2.05, 4.69) is 67.8 Å². The topological polar surface area (TPSA) is 108 Å². The van der Waals surface area contributed by atoms with Gasteiger partial charge < -0.3 is 28.8 Å². The van der Waals surface area contributed by atoms with E-state index >= 15 is 0 Å². The zero-order valence-corrected chi connectivity index (χ0v) is 39.1. The summed E-state index contributed by atoms with van der Waals surface area (Å²) in [6.45, 7) is 4.57. The maximum atomic E-state index is 12.9. The number of likely N-dealkylation sites (N-methyl/N-ethyl adjacent to an activating group) is 1. The molecule has 0 aliphatic carbocycles. The van der Waals surface area contributed by atoms with Crippen molar-refractivity contribution in [3.8, 4) is 0 Å². The molecule has 0 aliphatic heterocycles. The Bertz CT molecular complexity index is 1130. The van der Waals surface area contributed by atoms with Gasteiger partial charge in [0.15, 0.2) is 0 Å². The minimum Gasteiger partial charge on any atom is -0.756 e. The first-order valence-electron chi connectivity index (χ1n) is 23.7. The number of rotatable bonds is 42. The standard InChI is InChI=1S/C49H91N2O6P/c1-6-8-10-12-14-16-18-20-22-24-25-27-28-30-32-34-36-38-40-42-48(52)47(46-57-58(54,55)56-45-44-51(3,4)5)50-49(53)43-41-39-37-35-33-31-29-26-23-21-19-17-15-13-11-9-7-2/h15,17,21,23,25,27,32,34,40,42,47-48,52H,6-14,16,18-20,22,24,26,28-31,33,35-39,41,43-46H2,1-5H3,(H-,50,53,54,55)/b17-15-,23-21-,27-25+,34-32+,42-40+. The van der Waals surface area contributed by atoms with E-state index in [1.165, 1.54) is 109 Å². The summed E-state index contributed by atoms with van der Waals surface area (Å²) in [6, 6.07) is -0.915. The molecule has 0 saturated carbocycles. The SMILES string of the molecule is CCCCC/C=C\C/C=C\CCCCCCCCCC(=O)NC(COP(=O)([O-])OCC[N+](C)(C)C)C(O)/C=C/CC/C=C/CC/C=C/CCCCCCCCCCC. The Labute approximate surface area is 358 Å². The van der Waals surface area contributed by atoms with Crippen LogP contribution in [-0.4, -0.2) is 68.5 Å². The van der Waals surface area contributed by atoms with Crippen molar-refractivity contribution in [2.75, 3.05) is 40.9 Å². The van der Waals surface area contributed by atoms with Crippen LogP contribution in [0.15, 0.2) is 60.8 Å². The van der Waals surface area contributed by atoms with Gasteiger partial charge in [-0.15, -0.1) is 0 Å². The number of aliphatic hydroxyl groups excluding tert-OH is 1. The second-order valence-electron chi connectivity index (χ2n) is 17.1. The fraction of sp³-hybridized carbons (Fsp3) is 0.776. The molecule has 0 saturated heterocycles. The molecule has 0 aromatic rings. The Kier molecular flexibility index (Phi) is 39.3. The summed E-state index contributed by atoms with van der Waals surface area (Å²) in [4.78, 5) is 25.3. The molecule has 0 heterocycles. The number of quaternary nitrogens is 1. The van der Waals surface area contributed by atoms with Crippen molar-refractivity contribution in [1.82, 2.24) is 5.32 Å². The number of carbonyl (C=O) groups is 1. The second-order valence-corrected chi connectivity index (χ2v) is 18.5. The summed E-state index contributed by atoms with van der Waals surface area (Å²) in [7, 11) is 1.22. The van der Waals surface area contributed by atoms with Crippen molar-refractivity contribution in [3.05, 3.63) is 60.8 Å². The number of nitrogens with one attached hydrogen (secondary N) is 1. The third kappa shape index (κ3) is 42.3.